The number of hydrogen-bond acceptors (Lipinski definition) is 4. The largest absolute Gasteiger partial charge is 0.383 e. The van der Waals surface area contributed by atoms with Crippen molar-refractivity contribution in [2.75, 3.05) is 5.73 Å². The SMILES string of the molecule is Cc1nn(Cc2ccc(Br)cc2[N+](=O)[O-])c(N)c1I. The molecule has 0 unspecified atom stereocenters. The Hall–Kier alpha value is -1.16. The lowest BCUT2D eigenvalue weighted by atomic mass is 10.2. The monoisotopic (exact) mass is 436 g/mol. The number of nitrogens with two attached hydrogens (primary N) is 1. The first-order valence-electron chi connectivity index (χ1n) is 5.31. The summed E-state index contributed by atoms with van der Waals surface area (Å²) < 4.78 is 3.12. The van der Waals surface area contributed by atoms with Crippen LogP contribution < -0.4 is 5.73 Å². The average molecular weight is 437 g/mol. The molecule has 0 atom stereocenters. The summed E-state index contributed by atoms with van der Waals surface area (Å²) in [6.45, 7) is 2.13. The maximum atomic E-state index is 11.0. The fraction of sp³-hybridized carbons (Fsp3) is 0.182. The Morgan fingerprint density at radius 2 is 2.26 bits per heavy atom. The van der Waals surface area contributed by atoms with Crippen molar-refractivity contribution in [1.82, 2.24) is 9.78 Å². The van der Waals surface area contributed by atoms with Crippen LogP contribution in [0.2, 0.25) is 0 Å². The third-order valence-electron chi connectivity index (χ3n) is 2.66. The molecule has 1 aromatic carbocycles. The van der Waals surface area contributed by atoms with Gasteiger partial charge in [0.2, 0.25) is 0 Å². The van der Waals surface area contributed by atoms with Crippen molar-refractivity contribution >= 4 is 50.0 Å². The van der Waals surface area contributed by atoms with Gasteiger partial charge in [-0.15, -0.1) is 0 Å². The van der Waals surface area contributed by atoms with Crippen LogP contribution in [0.1, 0.15) is 11.3 Å². The van der Waals surface area contributed by atoms with Gasteiger partial charge in [-0.1, -0.05) is 15.9 Å². The highest BCUT2D eigenvalue weighted by atomic mass is 127. The second-order valence-corrected chi connectivity index (χ2v) is 5.97. The Bertz CT molecular complexity index is 656. The van der Waals surface area contributed by atoms with Crippen LogP contribution in [0.3, 0.4) is 0 Å². The Balaban J connectivity index is 2.43. The van der Waals surface area contributed by atoms with Crippen molar-refractivity contribution in [3.8, 4) is 0 Å². The third-order valence-corrected chi connectivity index (χ3v) is 4.48. The molecule has 0 saturated heterocycles. The Morgan fingerprint density at radius 1 is 1.58 bits per heavy atom. The molecule has 2 aromatic rings. The van der Waals surface area contributed by atoms with Crippen molar-refractivity contribution in [1.29, 1.82) is 0 Å². The first kappa shape index (κ1) is 14.3. The summed E-state index contributed by atoms with van der Waals surface area (Å²) in [6, 6.07) is 4.94. The normalized spacial score (nSPS) is 10.7. The van der Waals surface area contributed by atoms with Crippen LogP contribution in [0.25, 0.3) is 0 Å². The second kappa shape index (κ2) is 5.45. The number of nitro groups is 1. The Morgan fingerprint density at radius 3 is 2.79 bits per heavy atom. The molecule has 100 valence electrons. The van der Waals surface area contributed by atoms with E-state index in [0.717, 1.165) is 9.26 Å². The van der Waals surface area contributed by atoms with E-state index >= 15 is 0 Å². The van der Waals surface area contributed by atoms with Gasteiger partial charge in [0.25, 0.3) is 5.69 Å². The van der Waals surface area contributed by atoms with E-state index in [2.05, 4.69) is 43.6 Å². The number of benzene rings is 1. The molecule has 0 fully saturated rings. The summed E-state index contributed by atoms with van der Waals surface area (Å²) in [5, 5.41) is 15.3. The molecular weight excluding hydrogens is 427 g/mol. The van der Waals surface area contributed by atoms with Crippen LogP contribution >= 0.6 is 38.5 Å². The number of aryl methyl sites for hydroxylation is 1. The molecule has 2 rings (SSSR count). The van der Waals surface area contributed by atoms with Gasteiger partial charge in [0, 0.05) is 10.5 Å². The lowest BCUT2D eigenvalue weighted by molar-refractivity contribution is -0.385. The molecule has 0 aliphatic heterocycles. The number of halogens is 2. The lowest BCUT2D eigenvalue weighted by Crippen LogP contribution is -2.08. The minimum Gasteiger partial charge on any atom is -0.383 e. The van der Waals surface area contributed by atoms with Crippen LogP contribution in [0, 0.1) is 20.6 Å². The van der Waals surface area contributed by atoms with E-state index in [0.29, 0.717) is 15.9 Å². The standard InChI is InChI=1S/C11H10BrIN4O2/c1-6-10(13)11(14)16(15-6)5-7-2-3-8(12)4-9(7)17(18)19/h2-4H,5,14H2,1H3. The van der Waals surface area contributed by atoms with Gasteiger partial charge in [0.1, 0.15) is 5.82 Å². The summed E-state index contributed by atoms with van der Waals surface area (Å²) in [5.74, 6) is 0.523. The number of rotatable bonds is 3. The van der Waals surface area contributed by atoms with Gasteiger partial charge in [0.05, 0.1) is 26.3 Å². The third kappa shape index (κ3) is 2.89. The molecule has 19 heavy (non-hydrogen) atoms. The van der Waals surface area contributed by atoms with E-state index in [1.54, 1.807) is 16.8 Å². The zero-order valence-electron chi connectivity index (χ0n) is 9.93. The highest BCUT2D eigenvalue weighted by Gasteiger charge is 2.17. The van der Waals surface area contributed by atoms with E-state index in [-0.39, 0.29) is 12.2 Å². The lowest BCUT2D eigenvalue weighted by Gasteiger charge is -2.06. The number of nitro benzene ring substituents is 1. The van der Waals surface area contributed by atoms with E-state index in [1.807, 2.05) is 6.92 Å². The molecule has 0 spiro atoms. The highest BCUT2D eigenvalue weighted by molar-refractivity contribution is 14.1. The zero-order valence-corrected chi connectivity index (χ0v) is 13.7. The molecule has 6 nitrogen and oxygen atoms in total. The van der Waals surface area contributed by atoms with Crippen molar-refractivity contribution in [2.45, 2.75) is 13.5 Å². The fourth-order valence-corrected chi connectivity index (χ4v) is 2.44. The van der Waals surface area contributed by atoms with Crippen LogP contribution in [-0.4, -0.2) is 14.7 Å². The van der Waals surface area contributed by atoms with Gasteiger partial charge < -0.3 is 5.73 Å². The smallest absolute Gasteiger partial charge is 0.275 e. The van der Waals surface area contributed by atoms with Crippen molar-refractivity contribution < 1.29 is 4.92 Å². The van der Waals surface area contributed by atoms with Crippen molar-refractivity contribution in [3.05, 3.63) is 47.6 Å². The maximum absolute atomic E-state index is 11.0. The Kier molecular flexibility index (Phi) is 4.09. The van der Waals surface area contributed by atoms with Gasteiger partial charge in [-0.2, -0.15) is 5.10 Å². The zero-order chi connectivity index (χ0) is 14.2. The second-order valence-electron chi connectivity index (χ2n) is 3.97. The van der Waals surface area contributed by atoms with E-state index in [1.165, 1.54) is 6.07 Å². The van der Waals surface area contributed by atoms with Crippen molar-refractivity contribution in [3.63, 3.8) is 0 Å². The van der Waals surface area contributed by atoms with Crippen LogP contribution in [0.5, 0.6) is 0 Å². The van der Waals surface area contributed by atoms with E-state index in [4.69, 9.17) is 5.73 Å². The van der Waals surface area contributed by atoms with Crippen LogP contribution in [0.4, 0.5) is 11.5 Å². The minimum atomic E-state index is -0.405. The molecular formula is C11H10BrIN4O2. The number of anilines is 1. The molecule has 0 saturated carbocycles. The molecule has 1 aromatic heterocycles. The minimum absolute atomic E-state index is 0.0527. The van der Waals surface area contributed by atoms with Gasteiger partial charge >= 0.3 is 0 Å². The number of nitrogen functional groups attached to an aromatic ring is 1. The molecule has 2 N–H and O–H groups in total. The van der Waals surface area contributed by atoms with Gasteiger partial charge in [-0.05, 0) is 41.6 Å². The number of nitrogens with zero attached hydrogens (tertiary/aromatic N) is 3. The van der Waals surface area contributed by atoms with E-state index < -0.39 is 4.92 Å². The molecule has 8 heteroatoms. The predicted octanol–water partition coefficient (Wildman–Crippen LogP) is 3.10. The summed E-state index contributed by atoms with van der Waals surface area (Å²) >= 11 is 5.34. The molecule has 0 aliphatic carbocycles. The molecule has 0 aliphatic rings. The van der Waals surface area contributed by atoms with Gasteiger partial charge in [-0.25, -0.2) is 4.68 Å². The predicted molar refractivity (Wildman–Crippen MR) is 84.0 cm³/mol. The Labute approximate surface area is 131 Å². The average Bonchev–Trinajstić information content (AvgIpc) is 2.59. The van der Waals surface area contributed by atoms with Gasteiger partial charge in [-0.3, -0.25) is 10.1 Å². The summed E-state index contributed by atoms with van der Waals surface area (Å²) in [6.07, 6.45) is 0. The van der Waals surface area contributed by atoms with Crippen LogP contribution in [-0.2, 0) is 6.54 Å². The molecule has 1 heterocycles. The topological polar surface area (TPSA) is 87.0 Å². The summed E-state index contributed by atoms with van der Waals surface area (Å²) in [5.41, 5.74) is 7.36. The summed E-state index contributed by atoms with van der Waals surface area (Å²) in [7, 11) is 0. The van der Waals surface area contributed by atoms with Crippen LogP contribution in [0.15, 0.2) is 22.7 Å². The first-order valence-corrected chi connectivity index (χ1v) is 7.18. The molecule has 0 radical (unpaired) electrons. The number of aromatic nitrogens is 2. The number of hydrogen-bond donors (Lipinski definition) is 1. The maximum Gasteiger partial charge on any atom is 0.275 e. The van der Waals surface area contributed by atoms with Gasteiger partial charge in [0.15, 0.2) is 0 Å². The molecule has 0 amide bonds. The quantitative estimate of drug-likeness (QED) is 0.455. The molecule has 0 bridgehead atoms. The first-order chi connectivity index (χ1) is 8.90. The van der Waals surface area contributed by atoms with E-state index in [9.17, 15) is 10.1 Å². The fourth-order valence-electron chi connectivity index (χ4n) is 1.70. The summed E-state index contributed by atoms with van der Waals surface area (Å²) in [4.78, 5) is 10.6. The highest BCUT2D eigenvalue weighted by Crippen LogP contribution is 2.26. The van der Waals surface area contributed by atoms with Crippen molar-refractivity contribution in [2.24, 2.45) is 0 Å².